The topological polar surface area (TPSA) is 71.8 Å². The Balaban J connectivity index is 1.67. The molecule has 4 rings (SSSR count). The van der Waals surface area contributed by atoms with E-state index < -0.39 is 0 Å². The van der Waals surface area contributed by atoms with Crippen molar-refractivity contribution in [2.75, 3.05) is 10.7 Å². The minimum absolute atomic E-state index is 0.0414. The molecule has 3 aromatic rings. The lowest BCUT2D eigenvalue weighted by Gasteiger charge is -2.33. The van der Waals surface area contributed by atoms with Crippen molar-refractivity contribution >= 4 is 23.4 Å². The van der Waals surface area contributed by atoms with Gasteiger partial charge in [-0.3, -0.25) is 4.79 Å². The molecule has 0 aliphatic carbocycles. The fourth-order valence-corrected chi connectivity index (χ4v) is 4.95. The molecule has 6 nitrogen and oxygen atoms in total. The zero-order valence-electron chi connectivity index (χ0n) is 18.5. The van der Waals surface area contributed by atoms with E-state index in [-0.39, 0.29) is 17.2 Å². The number of anilines is 1. The van der Waals surface area contributed by atoms with Crippen LogP contribution < -0.4 is 10.7 Å². The molecule has 31 heavy (non-hydrogen) atoms. The molecular weight excluding hydrogens is 406 g/mol. The largest absolute Gasteiger partial charge is 0.325 e. The van der Waals surface area contributed by atoms with Crippen molar-refractivity contribution in [2.45, 2.75) is 63.4 Å². The molecule has 1 aliphatic heterocycles. The van der Waals surface area contributed by atoms with E-state index in [0.717, 1.165) is 47.1 Å². The molecule has 0 radical (unpaired) electrons. The Morgan fingerprint density at radius 1 is 1.13 bits per heavy atom. The number of rotatable bonds is 6. The maximum Gasteiger partial charge on any atom is 0.240 e. The minimum atomic E-state index is -0.376. The number of aryl methyl sites for hydroxylation is 4. The summed E-state index contributed by atoms with van der Waals surface area (Å²) >= 11 is 1.47. The monoisotopic (exact) mass is 435 g/mol. The van der Waals surface area contributed by atoms with Gasteiger partial charge in [0, 0.05) is 12.1 Å². The second-order valence-electron chi connectivity index (χ2n) is 8.03. The predicted octanol–water partition coefficient (Wildman–Crippen LogP) is 4.81. The molecule has 1 amide bonds. The third-order valence-corrected chi connectivity index (χ3v) is 6.84. The summed E-state index contributed by atoms with van der Waals surface area (Å²) in [6, 6.07) is 14.4. The molecule has 0 spiro atoms. The van der Waals surface area contributed by atoms with Crippen LogP contribution >= 0.6 is 11.8 Å². The van der Waals surface area contributed by atoms with E-state index in [4.69, 9.17) is 0 Å². The molecular formula is C24H29N5OS. The van der Waals surface area contributed by atoms with Crippen molar-refractivity contribution in [3.8, 4) is 0 Å². The van der Waals surface area contributed by atoms with Crippen molar-refractivity contribution in [1.29, 1.82) is 0 Å². The number of amides is 1. The van der Waals surface area contributed by atoms with Crippen molar-refractivity contribution in [3.05, 3.63) is 70.5 Å². The fourth-order valence-electron chi connectivity index (χ4n) is 3.85. The van der Waals surface area contributed by atoms with Gasteiger partial charge in [-0.05, 0) is 49.4 Å². The number of thioether (sulfide) groups is 1. The van der Waals surface area contributed by atoms with Crippen LogP contribution in [0, 0.1) is 13.8 Å². The van der Waals surface area contributed by atoms with Crippen LogP contribution in [0.2, 0.25) is 0 Å². The number of hydrogen-bond acceptors (Lipinski definition) is 5. The first-order valence-corrected chi connectivity index (χ1v) is 11.7. The van der Waals surface area contributed by atoms with Crippen molar-refractivity contribution in [2.24, 2.45) is 0 Å². The summed E-state index contributed by atoms with van der Waals surface area (Å²) in [7, 11) is 0. The Labute approximate surface area is 187 Å². The molecule has 2 N–H and O–H groups in total. The lowest BCUT2D eigenvalue weighted by molar-refractivity contribution is -0.116. The van der Waals surface area contributed by atoms with Crippen molar-refractivity contribution < 1.29 is 4.79 Å². The lowest BCUT2D eigenvalue weighted by Crippen LogP contribution is -2.41. The normalized spacial score (nSPS) is 17.7. The van der Waals surface area contributed by atoms with Gasteiger partial charge < -0.3 is 10.7 Å². The number of nitrogens with one attached hydrogen (secondary N) is 2. The van der Waals surface area contributed by atoms with E-state index >= 15 is 0 Å². The van der Waals surface area contributed by atoms with Gasteiger partial charge in [0.15, 0.2) is 5.82 Å². The smallest absolute Gasteiger partial charge is 0.240 e. The second kappa shape index (κ2) is 9.14. The summed E-state index contributed by atoms with van der Waals surface area (Å²) in [5.41, 5.74) is 8.96. The summed E-state index contributed by atoms with van der Waals surface area (Å²) < 4.78 is 1.95. The second-order valence-corrected chi connectivity index (χ2v) is 9.14. The molecule has 0 saturated heterocycles. The molecule has 7 heteroatoms. The van der Waals surface area contributed by atoms with Gasteiger partial charge in [-0.2, -0.15) is 0 Å². The first-order valence-electron chi connectivity index (χ1n) is 10.8. The Bertz CT molecular complexity index is 1080. The Kier molecular flexibility index (Phi) is 6.32. The molecule has 0 bridgehead atoms. The van der Waals surface area contributed by atoms with Crippen LogP contribution in [0.25, 0.3) is 0 Å². The number of carbonyl (C=O) groups excluding carboxylic acids is 1. The maximum atomic E-state index is 13.4. The van der Waals surface area contributed by atoms with Gasteiger partial charge in [-0.15, -0.1) is 10.2 Å². The maximum absolute atomic E-state index is 13.4. The molecule has 1 aromatic heterocycles. The molecule has 2 heterocycles. The molecule has 0 fully saturated rings. The van der Waals surface area contributed by atoms with E-state index in [1.807, 2.05) is 23.7 Å². The number of nitrogens with zero attached hydrogens (tertiary/aromatic N) is 3. The highest BCUT2D eigenvalue weighted by Crippen LogP contribution is 2.38. The number of fused-ring (bicyclic) bond motifs is 1. The zero-order valence-corrected chi connectivity index (χ0v) is 19.3. The van der Waals surface area contributed by atoms with Crippen LogP contribution in [0.15, 0.2) is 47.6 Å². The molecule has 0 saturated carbocycles. The predicted molar refractivity (Wildman–Crippen MR) is 126 cm³/mol. The third kappa shape index (κ3) is 4.46. The van der Waals surface area contributed by atoms with Crippen LogP contribution in [0.5, 0.6) is 0 Å². The van der Waals surface area contributed by atoms with E-state index in [1.165, 1.54) is 22.9 Å². The van der Waals surface area contributed by atoms with E-state index in [2.05, 4.69) is 72.0 Å². The van der Waals surface area contributed by atoms with Crippen LogP contribution in [0.1, 0.15) is 54.4 Å². The number of aromatic nitrogens is 3. The Morgan fingerprint density at radius 2 is 1.90 bits per heavy atom. The summed E-state index contributed by atoms with van der Waals surface area (Å²) in [4.78, 5) is 13.4. The third-order valence-electron chi connectivity index (χ3n) is 5.62. The first-order chi connectivity index (χ1) is 15.0. The quantitative estimate of drug-likeness (QED) is 0.581. The number of hydrogen-bond donors (Lipinski definition) is 2. The molecule has 162 valence electrons. The van der Waals surface area contributed by atoms with Gasteiger partial charge in [0.1, 0.15) is 5.25 Å². The number of carbonyl (C=O) groups is 1. The van der Waals surface area contributed by atoms with Gasteiger partial charge in [0.05, 0.1) is 6.04 Å². The van der Waals surface area contributed by atoms with Gasteiger partial charge >= 0.3 is 0 Å². The van der Waals surface area contributed by atoms with E-state index in [0.29, 0.717) is 0 Å². The molecule has 2 aromatic carbocycles. The van der Waals surface area contributed by atoms with Crippen LogP contribution in [0.3, 0.4) is 0 Å². The average Bonchev–Trinajstić information content (AvgIpc) is 3.17. The van der Waals surface area contributed by atoms with Gasteiger partial charge in [-0.25, -0.2) is 4.68 Å². The summed E-state index contributed by atoms with van der Waals surface area (Å²) in [5, 5.41) is 12.2. The summed E-state index contributed by atoms with van der Waals surface area (Å²) in [6.45, 7) is 8.34. The summed E-state index contributed by atoms with van der Waals surface area (Å²) in [5.74, 6) is 0.855. The van der Waals surface area contributed by atoms with Crippen molar-refractivity contribution in [3.63, 3.8) is 0 Å². The average molecular weight is 436 g/mol. The first kappa shape index (κ1) is 21.4. The highest BCUT2D eigenvalue weighted by atomic mass is 32.2. The van der Waals surface area contributed by atoms with Crippen LogP contribution in [-0.4, -0.2) is 26.0 Å². The standard InChI is InChI=1S/C24H29N5OS/c1-5-7-20-26-27-24-29(20)28-21(18-11-9-17(6-2)10-12-18)22(31-24)23(30)25-19-13-8-15(3)14-16(19)4/h8-14,21-22,28H,5-7H2,1-4H3,(H,25,30). The Morgan fingerprint density at radius 3 is 2.58 bits per heavy atom. The minimum Gasteiger partial charge on any atom is -0.325 e. The van der Waals surface area contributed by atoms with Crippen molar-refractivity contribution in [1.82, 2.24) is 14.9 Å². The summed E-state index contributed by atoms with van der Waals surface area (Å²) in [6.07, 6.45) is 2.80. The van der Waals surface area contributed by atoms with Crippen LogP contribution in [0.4, 0.5) is 5.69 Å². The van der Waals surface area contributed by atoms with E-state index in [1.54, 1.807) is 0 Å². The Hall–Kier alpha value is -2.80. The van der Waals surface area contributed by atoms with Gasteiger partial charge in [-0.1, -0.05) is 67.6 Å². The number of benzene rings is 2. The molecule has 2 atom stereocenters. The molecule has 1 aliphatic rings. The SMILES string of the molecule is CCCc1nnc2n1NC(c1ccc(CC)cc1)C(C(=O)Nc1ccc(C)cc1C)S2. The highest BCUT2D eigenvalue weighted by molar-refractivity contribution is 8.00. The molecule has 2 unspecified atom stereocenters. The lowest BCUT2D eigenvalue weighted by atomic mass is 10.0. The van der Waals surface area contributed by atoms with Crippen LogP contribution in [-0.2, 0) is 17.6 Å². The highest BCUT2D eigenvalue weighted by Gasteiger charge is 2.37. The van der Waals surface area contributed by atoms with E-state index in [9.17, 15) is 4.79 Å². The van der Waals surface area contributed by atoms with Gasteiger partial charge in [0.2, 0.25) is 11.1 Å². The zero-order chi connectivity index (χ0) is 22.0. The van der Waals surface area contributed by atoms with Gasteiger partial charge in [0.25, 0.3) is 0 Å². The fraction of sp³-hybridized carbons (Fsp3) is 0.375.